The van der Waals surface area contributed by atoms with Crippen molar-refractivity contribution in [3.63, 3.8) is 0 Å². The number of hydrogen-bond donors (Lipinski definition) is 1. The maximum Gasteiger partial charge on any atom is 0.413 e. The molecule has 0 aromatic carbocycles. The van der Waals surface area contributed by atoms with Crippen molar-refractivity contribution in [2.45, 2.75) is 20.0 Å². The van der Waals surface area contributed by atoms with Crippen LogP contribution in [0.4, 0.5) is 14.9 Å². The Balaban J connectivity index is 2.57. The van der Waals surface area contributed by atoms with E-state index in [2.05, 4.69) is 10.3 Å². The zero-order chi connectivity index (χ0) is 11.4. The van der Waals surface area contributed by atoms with Crippen LogP contribution in [0.3, 0.4) is 0 Å². The summed E-state index contributed by atoms with van der Waals surface area (Å²) in [5, 5.41) is 12.6. The lowest BCUT2D eigenvalue weighted by Crippen LogP contribution is -2.17. The molecule has 1 N–H and O–H groups in total. The van der Waals surface area contributed by atoms with Gasteiger partial charge in [0.25, 0.3) is 0 Å². The van der Waals surface area contributed by atoms with E-state index >= 15 is 0 Å². The van der Waals surface area contributed by atoms with E-state index in [9.17, 15) is 14.9 Å². The summed E-state index contributed by atoms with van der Waals surface area (Å²) in [7, 11) is 0. The number of anilines is 1. The maximum absolute atomic E-state index is 11.1. The highest BCUT2D eigenvalue weighted by molar-refractivity contribution is 7.18. The van der Waals surface area contributed by atoms with Crippen molar-refractivity contribution in [3.05, 3.63) is 16.3 Å². The van der Waals surface area contributed by atoms with Crippen LogP contribution in [0.5, 0.6) is 0 Å². The Labute approximate surface area is 89.2 Å². The third-order valence-corrected chi connectivity index (χ3v) is 2.09. The van der Waals surface area contributed by atoms with E-state index in [0.717, 1.165) is 17.5 Å². The summed E-state index contributed by atoms with van der Waals surface area (Å²) in [6.45, 7) is 3.40. The Hall–Kier alpha value is -1.70. The number of carbonyl (C=O) groups excluding carboxylic acids is 1. The van der Waals surface area contributed by atoms with Gasteiger partial charge in [-0.2, -0.15) is 0 Å². The number of carbonyl (C=O) groups is 1. The van der Waals surface area contributed by atoms with E-state index in [1.165, 1.54) is 0 Å². The molecule has 1 amide bonds. The van der Waals surface area contributed by atoms with Gasteiger partial charge in [-0.1, -0.05) is 0 Å². The maximum atomic E-state index is 11.1. The lowest BCUT2D eigenvalue weighted by Gasteiger charge is -2.06. The Bertz CT molecular complexity index is 376. The molecule has 0 unspecified atom stereocenters. The highest BCUT2D eigenvalue weighted by Crippen LogP contribution is 2.24. The number of nitrogens with zero attached hydrogens (tertiary/aromatic N) is 2. The lowest BCUT2D eigenvalue weighted by atomic mass is 10.5. The summed E-state index contributed by atoms with van der Waals surface area (Å²) in [6, 6.07) is 0. The van der Waals surface area contributed by atoms with E-state index in [0.29, 0.717) is 0 Å². The van der Waals surface area contributed by atoms with Crippen molar-refractivity contribution in [2.75, 3.05) is 5.32 Å². The molecule has 1 aromatic heterocycles. The summed E-state index contributed by atoms with van der Waals surface area (Å²) >= 11 is 0.774. The molecule has 0 aliphatic heterocycles. The molecule has 8 heteroatoms. The van der Waals surface area contributed by atoms with Gasteiger partial charge in [-0.3, -0.25) is 15.4 Å². The standard InChI is InChI=1S/C7H9N3O4S/c1-4(2)14-7(11)9-6-8-3-5(15-6)10(12)13/h3-4H,1-2H3,(H,8,9,11). The van der Waals surface area contributed by atoms with Gasteiger partial charge in [0.15, 0.2) is 5.13 Å². The van der Waals surface area contributed by atoms with Crippen molar-refractivity contribution in [2.24, 2.45) is 0 Å². The second-order valence-corrected chi connectivity index (χ2v) is 3.85. The van der Waals surface area contributed by atoms with Gasteiger partial charge < -0.3 is 4.74 Å². The number of thiazole rings is 1. The van der Waals surface area contributed by atoms with Gasteiger partial charge >= 0.3 is 11.1 Å². The molecule has 7 nitrogen and oxygen atoms in total. The SMILES string of the molecule is CC(C)OC(=O)Nc1ncc([N+](=O)[O-])s1. The molecule has 0 spiro atoms. The summed E-state index contributed by atoms with van der Waals surface area (Å²) in [4.78, 5) is 24.5. The van der Waals surface area contributed by atoms with E-state index in [4.69, 9.17) is 4.74 Å². The van der Waals surface area contributed by atoms with Crippen LogP contribution in [0.2, 0.25) is 0 Å². The number of rotatable bonds is 3. The molecule has 0 fully saturated rings. The second kappa shape index (κ2) is 4.69. The van der Waals surface area contributed by atoms with Gasteiger partial charge in [0, 0.05) is 0 Å². The van der Waals surface area contributed by atoms with Crippen molar-refractivity contribution in [3.8, 4) is 0 Å². The molecule has 15 heavy (non-hydrogen) atoms. The van der Waals surface area contributed by atoms with Crippen molar-refractivity contribution < 1.29 is 14.5 Å². The fourth-order valence-corrected chi connectivity index (χ4v) is 1.36. The van der Waals surface area contributed by atoms with Gasteiger partial charge in [-0.05, 0) is 25.2 Å². The van der Waals surface area contributed by atoms with Crippen LogP contribution in [0.25, 0.3) is 0 Å². The minimum atomic E-state index is -0.672. The molecule has 0 atom stereocenters. The molecule has 0 aliphatic carbocycles. The predicted molar refractivity (Wildman–Crippen MR) is 54.0 cm³/mol. The van der Waals surface area contributed by atoms with E-state index in [-0.39, 0.29) is 16.2 Å². The second-order valence-electron chi connectivity index (χ2n) is 2.84. The Morgan fingerprint density at radius 3 is 2.87 bits per heavy atom. The average Bonchev–Trinajstić information content (AvgIpc) is 2.50. The zero-order valence-electron chi connectivity index (χ0n) is 8.09. The number of amides is 1. The van der Waals surface area contributed by atoms with Crippen LogP contribution in [0.1, 0.15) is 13.8 Å². The molecule has 82 valence electrons. The minimum Gasteiger partial charge on any atom is -0.447 e. The first-order chi connectivity index (χ1) is 6.99. The number of nitrogens with one attached hydrogen (secondary N) is 1. The van der Waals surface area contributed by atoms with Crippen LogP contribution in [-0.2, 0) is 4.74 Å². The summed E-state index contributed by atoms with van der Waals surface area (Å²) < 4.78 is 4.77. The number of ether oxygens (including phenoxy) is 1. The van der Waals surface area contributed by atoms with Crippen molar-refractivity contribution in [1.29, 1.82) is 0 Å². The first-order valence-electron chi connectivity index (χ1n) is 4.07. The lowest BCUT2D eigenvalue weighted by molar-refractivity contribution is -0.380. The fourth-order valence-electron chi connectivity index (χ4n) is 0.739. The molecule has 1 rings (SSSR count). The van der Waals surface area contributed by atoms with Crippen LogP contribution in [-0.4, -0.2) is 22.1 Å². The molecule has 0 radical (unpaired) electrons. The minimum absolute atomic E-state index is 0.130. The van der Waals surface area contributed by atoms with Crippen LogP contribution >= 0.6 is 11.3 Å². The Morgan fingerprint density at radius 1 is 1.73 bits per heavy atom. The van der Waals surface area contributed by atoms with Gasteiger partial charge in [-0.25, -0.2) is 9.78 Å². The van der Waals surface area contributed by atoms with E-state index in [1.54, 1.807) is 13.8 Å². The molecular formula is C7H9N3O4S. The molecule has 0 saturated carbocycles. The molecule has 1 aromatic rings. The van der Waals surface area contributed by atoms with E-state index < -0.39 is 11.0 Å². The molecular weight excluding hydrogens is 222 g/mol. The number of hydrogen-bond acceptors (Lipinski definition) is 6. The molecule has 0 aliphatic rings. The summed E-state index contributed by atoms with van der Waals surface area (Å²) in [6.07, 6.45) is 0.157. The summed E-state index contributed by atoms with van der Waals surface area (Å²) in [5.74, 6) is 0. The number of nitro groups is 1. The molecule has 0 bridgehead atoms. The molecule has 1 heterocycles. The zero-order valence-corrected chi connectivity index (χ0v) is 8.91. The highest BCUT2D eigenvalue weighted by Gasteiger charge is 2.14. The largest absolute Gasteiger partial charge is 0.447 e. The van der Waals surface area contributed by atoms with Gasteiger partial charge in [-0.15, -0.1) is 0 Å². The summed E-state index contributed by atoms with van der Waals surface area (Å²) in [5.41, 5.74) is 0. The Morgan fingerprint density at radius 2 is 2.40 bits per heavy atom. The van der Waals surface area contributed by atoms with Gasteiger partial charge in [0.2, 0.25) is 0 Å². The number of aromatic nitrogens is 1. The first kappa shape index (κ1) is 11.4. The normalized spacial score (nSPS) is 10.1. The monoisotopic (exact) mass is 231 g/mol. The van der Waals surface area contributed by atoms with Crippen molar-refractivity contribution in [1.82, 2.24) is 4.98 Å². The predicted octanol–water partition coefficient (Wildman–Crippen LogP) is 2.01. The van der Waals surface area contributed by atoms with Crippen molar-refractivity contribution >= 4 is 27.6 Å². The quantitative estimate of drug-likeness (QED) is 0.634. The topological polar surface area (TPSA) is 94.4 Å². The third-order valence-electron chi connectivity index (χ3n) is 1.23. The smallest absolute Gasteiger partial charge is 0.413 e. The Kier molecular flexibility index (Phi) is 3.56. The van der Waals surface area contributed by atoms with E-state index in [1.807, 2.05) is 0 Å². The molecule has 0 saturated heterocycles. The van der Waals surface area contributed by atoms with Crippen LogP contribution < -0.4 is 5.32 Å². The van der Waals surface area contributed by atoms with Crippen LogP contribution in [0, 0.1) is 10.1 Å². The third kappa shape index (κ3) is 3.50. The van der Waals surface area contributed by atoms with Gasteiger partial charge in [0.05, 0.1) is 11.0 Å². The van der Waals surface area contributed by atoms with Gasteiger partial charge in [0.1, 0.15) is 6.20 Å². The first-order valence-corrected chi connectivity index (χ1v) is 4.88. The average molecular weight is 231 g/mol. The van der Waals surface area contributed by atoms with Crippen LogP contribution in [0.15, 0.2) is 6.20 Å². The fraction of sp³-hybridized carbons (Fsp3) is 0.429. The highest BCUT2D eigenvalue weighted by atomic mass is 32.1.